The fraction of sp³-hybridized carbons (Fsp3) is 0.750. The van der Waals surface area contributed by atoms with Crippen LogP contribution in [0.5, 0.6) is 0 Å². The second kappa shape index (κ2) is 6.98. The Labute approximate surface area is 136 Å². The monoisotopic (exact) mass is 322 g/mol. The van der Waals surface area contributed by atoms with Crippen molar-refractivity contribution in [2.45, 2.75) is 31.9 Å². The summed E-state index contributed by atoms with van der Waals surface area (Å²) in [7, 11) is 0. The maximum Gasteiger partial charge on any atom is 0.230 e. The van der Waals surface area contributed by atoms with Gasteiger partial charge in [-0.1, -0.05) is 0 Å². The van der Waals surface area contributed by atoms with Crippen molar-refractivity contribution < 1.29 is 15.0 Å². The first-order chi connectivity index (χ1) is 11.1. The maximum absolute atomic E-state index is 13.0. The molecule has 1 aromatic rings. The van der Waals surface area contributed by atoms with Gasteiger partial charge in [0.25, 0.3) is 0 Å². The molecule has 1 aromatic heterocycles. The van der Waals surface area contributed by atoms with Crippen molar-refractivity contribution in [1.82, 2.24) is 19.4 Å². The second-order valence-corrected chi connectivity index (χ2v) is 6.80. The van der Waals surface area contributed by atoms with E-state index in [1.54, 1.807) is 12.5 Å². The van der Waals surface area contributed by atoms with Gasteiger partial charge < -0.3 is 19.7 Å². The van der Waals surface area contributed by atoms with Gasteiger partial charge in [-0.15, -0.1) is 0 Å². The number of hydrogen-bond donors (Lipinski definition) is 2. The lowest BCUT2D eigenvalue weighted by molar-refractivity contribution is -0.138. The van der Waals surface area contributed by atoms with Gasteiger partial charge in [-0.3, -0.25) is 9.69 Å². The number of hydrogen-bond acceptors (Lipinski definition) is 5. The molecule has 23 heavy (non-hydrogen) atoms. The number of carbonyl (C=O) groups excluding carboxylic acids is 1. The third-order valence-corrected chi connectivity index (χ3v) is 4.86. The summed E-state index contributed by atoms with van der Waals surface area (Å²) < 4.78 is 1.96. The van der Waals surface area contributed by atoms with Crippen molar-refractivity contribution in [3.8, 4) is 0 Å². The van der Waals surface area contributed by atoms with Crippen molar-refractivity contribution in [2.24, 2.45) is 5.41 Å². The predicted octanol–water partition coefficient (Wildman–Crippen LogP) is -0.449. The Morgan fingerprint density at radius 2 is 2.13 bits per heavy atom. The lowest BCUT2D eigenvalue weighted by Gasteiger charge is -2.27. The number of β-amino-alcohol motifs (C(OH)–C–C–N with tert-alkyl or cyclic N) is 1. The van der Waals surface area contributed by atoms with Gasteiger partial charge in [-0.25, -0.2) is 4.98 Å². The first-order valence-electron chi connectivity index (χ1n) is 8.39. The highest BCUT2D eigenvalue weighted by atomic mass is 16.3. The fourth-order valence-corrected chi connectivity index (χ4v) is 3.39. The van der Waals surface area contributed by atoms with Gasteiger partial charge in [0, 0.05) is 58.3 Å². The summed E-state index contributed by atoms with van der Waals surface area (Å²) in [5.74, 6) is 0.161. The Bertz CT molecular complexity index is 515. The molecule has 2 N–H and O–H groups in total. The van der Waals surface area contributed by atoms with E-state index in [0.717, 1.165) is 25.9 Å². The highest BCUT2D eigenvalue weighted by Gasteiger charge is 2.52. The Morgan fingerprint density at radius 1 is 1.30 bits per heavy atom. The SMILES string of the molecule is O=C(N1CCN(CCCO)CC(O)C1)C1(Cn2ccnc2)CC1. The molecule has 0 radical (unpaired) electrons. The number of imidazole rings is 1. The molecule has 0 spiro atoms. The third-order valence-electron chi connectivity index (χ3n) is 4.86. The van der Waals surface area contributed by atoms with E-state index in [2.05, 4.69) is 9.88 Å². The number of aliphatic hydroxyl groups excluding tert-OH is 2. The van der Waals surface area contributed by atoms with E-state index in [1.165, 1.54) is 0 Å². The molecule has 1 atom stereocenters. The van der Waals surface area contributed by atoms with Crippen molar-refractivity contribution in [1.29, 1.82) is 0 Å². The Kier molecular flexibility index (Phi) is 4.99. The van der Waals surface area contributed by atoms with E-state index in [1.807, 2.05) is 15.7 Å². The quantitative estimate of drug-likeness (QED) is 0.741. The molecule has 7 heteroatoms. The van der Waals surface area contributed by atoms with Crippen LogP contribution < -0.4 is 0 Å². The number of amides is 1. The molecule has 1 amide bonds. The van der Waals surface area contributed by atoms with E-state index < -0.39 is 6.10 Å². The predicted molar refractivity (Wildman–Crippen MR) is 84.6 cm³/mol. The topological polar surface area (TPSA) is 81.8 Å². The summed E-state index contributed by atoms with van der Waals surface area (Å²) in [4.78, 5) is 20.9. The molecule has 0 bridgehead atoms. The van der Waals surface area contributed by atoms with Crippen molar-refractivity contribution >= 4 is 5.91 Å². The molecule has 2 aliphatic rings. The van der Waals surface area contributed by atoms with E-state index in [0.29, 0.717) is 32.6 Å². The average molecular weight is 322 g/mol. The van der Waals surface area contributed by atoms with Gasteiger partial charge in [0.15, 0.2) is 0 Å². The Hall–Kier alpha value is -1.44. The fourth-order valence-electron chi connectivity index (χ4n) is 3.39. The number of nitrogens with zero attached hydrogens (tertiary/aromatic N) is 4. The smallest absolute Gasteiger partial charge is 0.230 e. The molecule has 1 aliphatic heterocycles. The minimum absolute atomic E-state index is 0.156. The first kappa shape index (κ1) is 16.4. The van der Waals surface area contributed by atoms with Gasteiger partial charge in [0.2, 0.25) is 5.91 Å². The van der Waals surface area contributed by atoms with Crippen LogP contribution in [-0.4, -0.2) is 80.9 Å². The van der Waals surface area contributed by atoms with Crippen LogP contribution in [0.15, 0.2) is 18.7 Å². The number of aliphatic hydroxyl groups is 2. The molecule has 3 rings (SSSR count). The molecule has 1 unspecified atom stereocenters. The minimum atomic E-state index is -0.524. The molecule has 2 fully saturated rings. The summed E-state index contributed by atoms with van der Waals surface area (Å²) in [5, 5.41) is 19.2. The number of carbonyl (C=O) groups is 1. The standard InChI is InChI=1S/C16H26N4O3/c21-9-1-5-18-7-8-20(11-14(22)10-18)15(23)16(2-3-16)12-19-6-4-17-13-19/h4,6,13-14,21-22H,1-3,5,7-12H2. The van der Waals surface area contributed by atoms with Crippen LogP contribution in [0.3, 0.4) is 0 Å². The van der Waals surface area contributed by atoms with Crippen LogP contribution in [0.25, 0.3) is 0 Å². The van der Waals surface area contributed by atoms with Crippen LogP contribution in [0.4, 0.5) is 0 Å². The maximum atomic E-state index is 13.0. The zero-order valence-electron chi connectivity index (χ0n) is 13.5. The van der Waals surface area contributed by atoms with Gasteiger partial charge in [0.1, 0.15) is 0 Å². The van der Waals surface area contributed by atoms with E-state index >= 15 is 0 Å². The summed E-state index contributed by atoms with van der Waals surface area (Å²) >= 11 is 0. The van der Waals surface area contributed by atoms with Crippen LogP contribution >= 0.6 is 0 Å². The molecule has 128 valence electrons. The van der Waals surface area contributed by atoms with Gasteiger partial charge >= 0.3 is 0 Å². The summed E-state index contributed by atoms with van der Waals surface area (Å²) in [6, 6.07) is 0. The molecule has 0 aromatic carbocycles. The molecule has 7 nitrogen and oxygen atoms in total. The lowest BCUT2D eigenvalue weighted by Crippen LogP contribution is -2.43. The van der Waals surface area contributed by atoms with Gasteiger partial charge in [-0.2, -0.15) is 0 Å². The molecule has 1 saturated carbocycles. The highest BCUT2D eigenvalue weighted by molar-refractivity contribution is 5.85. The largest absolute Gasteiger partial charge is 0.396 e. The Morgan fingerprint density at radius 3 is 2.78 bits per heavy atom. The van der Waals surface area contributed by atoms with Crippen LogP contribution in [-0.2, 0) is 11.3 Å². The van der Waals surface area contributed by atoms with Crippen LogP contribution in [0.2, 0.25) is 0 Å². The van der Waals surface area contributed by atoms with Gasteiger partial charge in [0.05, 0.1) is 17.8 Å². The second-order valence-electron chi connectivity index (χ2n) is 6.80. The number of rotatable bonds is 6. The molecule has 2 heterocycles. The summed E-state index contributed by atoms with van der Waals surface area (Å²) in [6.45, 7) is 3.96. The number of aromatic nitrogens is 2. The summed E-state index contributed by atoms with van der Waals surface area (Å²) in [5.41, 5.74) is -0.305. The molecular weight excluding hydrogens is 296 g/mol. The Balaban J connectivity index is 1.61. The minimum Gasteiger partial charge on any atom is -0.396 e. The highest BCUT2D eigenvalue weighted by Crippen LogP contribution is 2.48. The summed E-state index contributed by atoms with van der Waals surface area (Å²) in [6.07, 6.45) is 7.36. The van der Waals surface area contributed by atoms with Crippen molar-refractivity contribution in [3.05, 3.63) is 18.7 Å². The normalized spacial score (nSPS) is 24.4. The third kappa shape index (κ3) is 3.91. The zero-order chi connectivity index (χ0) is 16.3. The molecule has 1 aliphatic carbocycles. The van der Waals surface area contributed by atoms with Crippen molar-refractivity contribution in [2.75, 3.05) is 39.3 Å². The molecular formula is C16H26N4O3. The average Bonchev–Trinajstić information content (AvgIpc) is 3.19. The van der Waals surface area contributed by atoms with Crippen LogP contribution in [0, 0.1) is 5.41 Å². The van der Waals surface area contributed by atoms with E-state index in [9.17, 15) is 9.90 Å². The van der Waals surface area contributed by atoms with E-state index in [4.69, 9.17) is 5.11 Å². The van der Waals surface area contributed by atoms with E-state index in [-0.39, 0.29) is 17.9 Å². The molecule has 1 saturated heterocycles. The van der Waals surface area contributed by atoms with Crippen LogP contribution in [0.1, 0.15) is 19.3 Å². The lowest BCUT2D eigenvalue weighted by atomic mass is 10.0. The first-order valence-corrected chi connectivity index (χ1v) is 8.39. The van der Waals surface area contributed by atoms with Gasteiger partial charge in [-0.05, 0) is 19.3 Å². The zero-order valence-corrected chi connectivity index (χ0v) is 13.5. The van der Waals surface area contributed by atoms with Crippen molar-refractivity contribution in [3.63, 3.8) is 0 Å².